The molecule has 0 radical (unpaired) electrons. The van der Waals surface area contributed by atoms with Crippen LogP contribution in [0.4, 0.5) is 11.6 Å². The lowest BCUT2D eigenvalue weighted by Crippen LogP contribution is -2.39. The molecule has 0 aromatic carbocycles. The fraction of sp³-hybridized carbons (Fsp3) is 0.333. The monoisotopic (exact) mass is 323 g/mol. The average molecular weight is 323 g/mol. The normalized spacial score (nSPS) is 17.3. The highest BCUT2D eigenvalue weighted by Crippen LogP contribution is 2.20. The molecule has 3 heterocycles. The number of likely N-dealkylation sites (tertiary alicyclic amines) is 1. The molecule has 0 spiro atoms. The van der Waals surface area contributed by atoms with Gasteiger partial charge in [0.05, 0.1) is 5.69 Å². The largest absolute Gasteiger partial charge is 0.339 e. The van der Waals surface area contributed by atoms with Gasteiger partial charge in [-0.25, -0.2) is 4.98 Å². The van der Waals surface area contributed by atoms with E-state index in [4.69, 9.17) is 0 Å². The maximum absolute atomic E-state index is 11.7. The van der Waals surface area contributed by atoms with Gasteiger partial charge in [0.2, 0.25) is 5.91 Å². The van der Waals surface area contributed by atoms with E-state index >= 15 is 0 Å². The van der Waals surface area contributed by atoms with Crippen molar-refractivity contribution in [2.75, 3.05) is 18.4 Å². The summed E-state index contributed by atoms with van der Waals surface area (Å²) in [5.41, 5.74) is 0.944. The van der Waals surface area contributed by atoms with Gasteiger partial charge in [-0.15, -0.1) is 5.10 Å². The van der Waals surface area contributed by atoms with Crippen LogP contribution in [0.5, 0.6) is 0 Å². The molecule has 6 nitrogen and oxygen atoms in total. The van der Waals surface area contributed by atoms with Crippen molar-refractivity contribution in [1.82, 2.24) is 20.1 Å². The van der Waals surface area contributed by atoms with Gasteiger partial charge >= 0.3 is 0 Å². The number of amides is 1. The van der Waals surface area contributed by atoms with Gasteiger partial charge in [0, 0.05) is 19.3 Å². The van der Waals surface area contributed by atoms with Gasteiger partial charge in [0.1, 0.15) is 5.82 Å². The van der Waals surface area contributed by atoms with Crippen molar-refractivity contribution in [2.45, 2.75) is 19.3 Å². The Balaban J connectivity index is 1.58. The third kappa shape index (κ3) is 4.16. The zero-order chi connectivity index (χ0) is 16.8. The summed E-state index contributed by atoms with van der Waals surface area (Å²) >= 11 is 0. The molecule has 1 saturated heterocycles. The molecule has 1 aliphatic rings. The summed E-state index contributed by atoms with van der Waals surface area (Å²) in [5.74, 6) is 1.85. The topological polar surface area (TPSA) is 71.0 Å². The highest BCUT2D eigenvalue weighted by Gasteiger charge is 2.22. The van der Waals surface area contributed by atoms with Crippen molar-refractivity contribution in [3.05, 3.63) is 54.9 Å². The number of hydrogen-bond acceptors (Lipinski definition) is 5. The lowest BCUT2D eigenvalue weighted by Gasteiger charge is -2.31. The number of nitrogens with zero attached hydrogens (tertiary/aromatic N) is 4. The Hall–Kier alpha value is -2.76. The number of nitrogens with one attached hydrogen (secondary N) is 1. The Morgan fingerprint density at radius 1 is 1.29 bits per heavy atom. The second kappa shape index (κ2) is 7.68. The maximum Gasteiger partial charge on any atom is 0.245 e. The molecule has 2 aromatic heterocycles. The minimum atomic E-state index is 0.0145. The standard InChI is InChI=1S/C18H21N5O/c1-2-18(24)23-11-5-6-14(13-23)12-15-8-9-17(22-21-15)20-16-7-3-4-10-19-16/h2-4,7-10,14H,1,5-6,11-13H2,(H,19,20,22). The Morgan fingerprint density at radius 3 is 2.92 bits per heavy atom. The number of anilines is 2. The highest BCUT2D eigenvalue weighted by molar-refractivity contribution is 5.87. The van der Waals surface area contributed by atoms with Gasteiger partial charge in [-0.3, -0.25) is 4.79 Å². The highest BCUT2D eigenvalue weighted by atomic mass is 16.2. The van der Waals surface area contributed by atoms with Crippen LogP contribution < -0.4 is 5.32 Å². The van der Waals surface area contributed by atoms with E-state index < -0.39 is 0 Å². The second-order valence-electron chi connectivity index (χ2n) is 5.95. The first-order valence-corrected chi connectivity index (χ1v) is 8.16. The maximum atomic E-state index is 11.7. The summed E-state index contributed by atoms with van der Waals surface area (Å²) in [6.45, 7) is 5.15. The first kappa shape index (κ1) is 16.1. The van der Waals surface area contributed by atoms with Crippen LogP contribution in [0.1, 0.15) is 18.5 Å². The molecule has 1 unspecified atom stereocenters. The summed E-state index contributed by atoms with van der Waals surface area (Å²) in [7, 11) is 0. The number of pyridine rings is 1. The van der Waals surface area contributed by atoms with E-state index in [2.05, 4.69) is 27.1 Å². The molecule has 2 aromatic rings. The van der Waals surface area contributed by atoms with Crippen molar-refractivity contribution < 1.29 is 4.79 Å². The molecular weight excluding hydrogens is 302 g/mol. The number of hydrogen-bond donors (Lipinski definition) is 1. The zero-order valence-corrected chi connectivity index (χ0v) is 13.6. The molecule has 6 heteroatoms. The number of carbonyl (C=O) groups excluding carboxylic acids is 1. The van der Waals surface area contributed by atoms with E-state index in [9.17, 15) is 4.79 Å². The summed E-state index contributed by atoms with van der Waals surface area (Å²) in [6, 6.07) is 9.54. The molecule has 1 atom stereocenters. The van der Waals surface area contributed by atoms with Gasteiger partial charge in [-0.2, -0.15) is 5.10 Å². The Labute approximate surface area is 141 Å². The Bertz CT molecular complexity index is 686. The van der Waals surface area contributed by atoms with E-state index in [-0.39, 0.29) is 5.91 Å². The minimum Gasteiger partial charge on any atom is -0.339 e. The number of piperidine rings is 1. The van der Waals surface area contributed by atoms with Crippen molar-refractivity contribution in [3.8, 4) is 0 Å². The van der Waals surface area contributed by atoms with Crippen molar-refractivity contribution in [2.24, 2.45) is 5.92 Å². The first-order valence-electron chi connectivity index (χ1n) is 8.16. The van der Waals surface area contributed by atoms with E-state index in [0.29, 0.717) is 11.7 Å². The van der Waals surface area contributed by atoms with Crippen LogP contribution >= 0.6 is 0 Å². The lowest BCUT2D eigenvalue weighted by atomic mass is 9.93. The van der Waals surface area contributed by atoms with Crippen LogP contribution in [-0.4, -0.2) is 39.1 Å². The molecule has 1 fully saturated rings. The average Bonchev–Trinajstić information content (AvgIpc) is 2.64. The molecule has 0 saturated carbocycles. The second-order valence-corrected chi connectivity index (χ2v) is 5.95. The third-order valence-corrected chi connectivity index (χ3v) is 4.14. The molecular formula is C18H21N5O. The van der Waals surface area contributed by atoms with Gasteiger partial charge < -0.3 is 10.2 Å². The fourth-order valence-corrected chi connectivity index (χ4v) is 2.96. The molecule has 1 N–H and O–H groups in total. The molecule has 0 aliphatic carbocycles. The van der Waals surface area contributed by atoms with Gasteiger partial charge in [0.25, 0.3) is 0 Å². The third-order valence-electron chi connectivity index (χ3n) is 4.14. The van der Waals surface area contributed by atoms with Crippen LogP contribution in [0.25, 0.3) is 0 Å². The van der Waals surface area contributed by atoms with E-state index in [0.717, 1.165) is 43.9 Å². The smallest absolute Gasteiger partial charge is 0.245 e. The molecule has 1 aliphatic heterocycles. The Morgan fingerprint density at radius 2 is 2.21 bits per heavy atom. The van der Waals surface area contributed by atoms with Gasteiger partial charge in [-0.1, -0.05) is 12.6 Å². The molecule has 1 amide bonds. The molecule has 24 heavy (non-hydrogen) atoms. The van der Waals surface area contributed by atoms with Crippen LogP contribution in [0, 0.1) is 5.92 Å². The van der Waals surface area contributed by atoms with E-state index in [1.807, 2.05) is 35.2 Å². The van der Waals surface area contributed by atoms with E-state index in [1.165, 1.54) is 6.08 Å². The molecule has 3 rings (SSSR count). The van der Waals surface area contributed by atoms with Crippen molar-refractivity contribution in [1.29, 1.82) is 0 Å². The van der Waals surface area contributed by atoms with Crippen LogP contribution in [0.15, 0.2) is 49.2 Å². The molecule has 124 valence electrons. The fourth-order valence-electron chi connectivity index (χ4n) is 2.96. The predicted molar refractivity (Wildman–Crippen MR) is 92.8 cm³/mol. The number of carbonyl (C=O) groups is 1. The minimum absolute atomic E-state index is 0.0145. The summed E-state index contributed by atoms with van der Waals surface area (Å²) in [5, 5.41) is 11.6. The van der Waals surface area contributed by atoms with Crippen LogP contribution in [0.3, 0.4) is 0 Å². The first-order chi connectivity index (χ1) is 11.7. The number of rotatable bonds is 5. The predicted octanol–water partition coefficient (Wildman–Crippen LogP) is 2.58. The van der Waals surface area contributed by atoms with Crippen molar-refractivity contribution in [3.63, 3.8) is 0 Å². The summed E-state index contributed by atoms with van der Waals surface area (Å²) < 4.78 is 0. The molecule has 0 bridgehead atoms. The van der Waals surface area contributed by atoms with Crippen molar-refractivity contribution >= 4 is 17.5 Å². The lowest BCUT2D eigenvalue weighted by molar-refractivity contribution is -0.127. The summed E-state index contributed by atoms with van der Waals surface area (Å²) in [6.07, 6.45) is 6.08. The van der Waals surface area contributed by atoms with Crippen LogP contribution in [0.2, 0.25) is 0 Å². The van der Waals surface area contributed by atoms with Gasteiger partial charge in [-0.05, 0) is 55.5 Å². The van der Waals surface area contributed by atoms with Gasteiger partial charge in [0.15, 0.2) is 5.82 Å². The quantitative estimate of drug-likeness (QED) is 0.856. The number of aromatic nitrogens is 3. The SMILES string of the molecule is C=CC(=O)N1CCCC(Cc2ccc(Nc3ccccn3)nn2)C1. The Kier molecular flexibility index (Phi) is 5.15. The zero-order valence-electron chi connectivity index (χ0n) is 13.6. The van der Waals surface area contributed by atoms with E-state index in [1.54, 1.807) is 6.20 Å². The summed E-state index contributed by atoms with van der Waals surface area (Å²) in [4.78, 5) is 17.8. The van der Waals surface area contributed by atoms with Crippen LogP contribution in [-0.2, 0) is 11.2 Å².